The Balaban J connectivity index is 2.09. The average Bonchev–Trinajstić information content (AvgIpc) is 2.53. The second kappa shape index (κ2) is 3.43. The molecule has 1 aliphatic heterocycles. The lowest BCUT2D eigenvalue weighted by Crippen LogP contribution is -2.45. The fourth-order valence-corrected chi connectivity index (χ4v) is 3.01. The molecule has 1 saturated heterocycles. The Kier molecular flexibility index (Phi) is 2.43. The van der Waals surface area contributed by atoms with Crippen LogP contribution in [0, 0.1) is 0 Å². The minimum absolute atomic E-state index is 0.326. The number of thiophene rings is 1. The van der Waals surface area contributed by atoms with Crippen LogP contribution in [0.15, 0.2) is 17.5 Å². The molecule has 72 valence electrons. The molecule has 0 aromatic carbocycles. The van der Waals surface area contributed by atoms with Gasteiger partial charge >= 0.3 is 0 Å². The van der Waals surface area contributed by atoms with Crippen molar-refractivity contribution in [2.45, 2.75) is 38.1 Å². The summed E-state index contributed by atoms with van der Waals surface area (Å²) in [6.07, 6.45) is 2.57. The molecular weight excluding hydrogens is 178 g/mol. The van der Waals surface area contributed by atoms with Gasteiger partial charge in [-0.2, -0.15) is 0 Å². The van der Waals surface area contributed by atoms with Crippen molar-refractivity contribution in [1.29, 1.82) is 0 Å². The average molecular weight is 195 g/mol. The van der Waals surface area contributed by atoms with Gasteiger partial charge in [-0.1, -0.05) is 6.07 Å². The minimum Gasteiger partial charge on any atom is -0.312 e. The highest BCUT2D eigenvalue weighted by atomic mass is 32.1. The van der Waals surface area contributed by atoms with E-state index >= 15 is 0 Å². The second-order valence-corrected chi connectivity index (χ2v) is 5.50. The molecule has 1 atom stereocenters. The van der Waals surface area contributed by atoms with Crippen LogP contribution in [0.1, 0.15) is 37.5 Å². The molecule has 1 N–H and O–H groups in total. The largest absolute Gasteiger partial charge is 0.312 e. The fourth-order valence-electron chi connectivity index (χ4n) is 2.14. The first kappa shape index (κ1) is 9.22. The second-order valence-electron chi connectivity index (χ2n) is 4.52. The summed E-state index contributed by atoms with van der Waals surface area (Å²) < 4.78 is 0. The van der Waals surface area contributed by atoms with Crippen molar-refractivity contribution in [2.75, 3.05) is 6.54 Å². The van der Waals surface area contributed by atoms with Gasteiger partial charge in [-0.05, 0) is 50.6 Å². The van der Waals surface area contributed by atoms with Crippen LogP contribution in [0.5, 0.6) is 0 Å². The van der Waals surface area contributed by atoms with Gasteiger partial charge < -0.3 is 5.32 Å². The Morgan fingerprint density at radius 1 is 1.54 bits per heavy atom. The molecule has 1 nitrogen and oxygen atoms in total. The summed E-state index contributed by atoms with van der Waals surface area (Å²) in [5.74, 6) is 0.788. The van der Waals surface area contributed by atoms with Gasteiger partial charge in [0.05, 0.1) is 0 Å². The molecule has 1 fully saturated rings. The molecule has 0 amide bonds. The van der Waals surface area contributed by atoms with Crippen LogP contribution in [0.4, 0.5) is 0 Å². The van der Waals surface area contributed by atoms with Crippen LogP contribution in [0.3, 0.4) is 0 Å². The highest BCUT2D eigenvalue weighted by Gasteiger charge is 2.28. The van der Waals surface area contributed by atoms with Gasteiger partial charge in [-0.15, -0.1) is 11.3 Å². The molecule has 0 saturated carbocycles. The van der Waals surface area contributed by atoms with Gasteiger partial charge in [-0.25, -0.2) is 0 Å². The van der Waals surface area contributed by atoms with E-state index in [0.29, 0.717) is 5.54 Å². The van der Waals surface area contributed by atoms with Gasteiger partial charge in [0.1, 0.15) is 0 Å². The summed E-state index contributed by atoms with van der Waals surface area (Å²) in [5.41, 5.74) is 0.326. The third kappa shape index (κ3) is 2.12. The number of piperidine rings is 1. The standard InChI is InChI=1S/C11H17NS/c1-11(2)8-9(5-6-12-11)10-4-3-7-13-10/h3-4,7,9,12H,5-6,8H2,1-2H3. The highest BCUT2D eigenvalue weighted by molar-refractivity contribution is 7.10. The molecule has 0 aliphatic carbocycles. The van der Waals surface area contributed by atoms with Gasteiger partial charge in [-0.3, -0.25) is 0 Å². The summed E-state index contributed by atoms with van der Waals surface area (Å²) in [7, 11) is 0. The van der Waals surface area contributed by atoms with Crippen molar-refractivity contribution in [3.8, 4) is 0 Å². The molecule has 2 rings (SSSR count). The van der Waals surface area contributed by atoms with E-state index in [1.807, 2.05) is 11.3 Å². The van der Waals surface area contributed by atoms with E-state index in [9.17, 15) is 0 Å². The first-order valence-electron chi connectivity index (χ1n) is 4.96. The van der Waals surface area contributed by atoms with Gasteiger partial charge in [0, 0.05) is 10.4 Å². The predicted octanol–water partition coefficient (Wildman–Crippen LogP) is 2.99. The highest BCUT2D eigenvalue weighted by Crippen LogP contribution is 2.34. The molecule has 0 radical (unpaired) electrons. The number of hydrogen-bond donors (Lipinski definition) is 1. The van der Waals surface area contributed by atoms with E-state index in [1.54, 1.807) is 4.88 Å². The van der Waals surface area contributed by atoms with Gasteiger partial charge in [0.15, 0.2) is 0 Å². The van der Waals surface area contributed by atoms with E-state index in [1.165, 1.54) is 12.8 Å². The predicted molar refractivity (Wildman–Crippen MR) is 58.4 cm³/mol. The maximum absolute atomic E-state index is 3.55. The van der Waals surface area contributed by atoms with Crippen LogP contribution in [0.25, 0.3) is 0 Å². The lowest BCUT2D eigenvalue weighted by Gasteiger charge is -2.36. The molecule has 2 heteroatoms. The SMILES string of the molecule is CC1(C)CC(c2cccs2)CCN1. The first-order chi connectivity index (χ1) is 6.17. The zero-order chi connectivity index (χ0) is 9.31. The topological polar surface area (TPSA) is 12.0 Å². The molecule has 13 heavy (non-hydrogen) atoms. The van der Waals surface area contributed by atoms with Crippen molar-refractivity contribution in [3.63, 3.8) is 0 Å². The van der Waals surface area contributed by atoms with Crippen LogP contribution in [-0.4, -0.2) is 12.1 Å². The van der Waals surface area contributed by atoms with E-state index in [0.717, 1.165) is 12.5 Å². The third-order valence-corrected chi connectivity index (χ3v) is 3.83. The Labute approximate surface area is 84.2 Å². The van der Waals surface area contributed by atoms with Crippen molar-refractivity contribution in [3.05, 3.63) is 22.4 Å². The van der Waals surface area contributed by atoms with E-state index in [-0.39, 0.29) is 0 Å². The molecule has 2 heterocycles. The van der Waals surface area contributed by atoms with Crippen LogP contribution < -0.4 is 5.32 Å². The summed E-state index contributed by atoms with van der Waals surface area (Å²) in [5, 5.41) is 5.74. The Hall–Kier alpha value is -0.340. The molecule has 1 unspecified atom stereocenters. The maximum Gasteiger partial charge on any atom is 0.0131 e. The minimum atomic E-state index is 0.326. The number of hydrogen-bond acceptors (Lipinski definition) is 2. The van der Waals surface area contributed by atoms with Crippen LogP contribution in [0.2, 0.25) is 0 Å². The quantitative estimate of drug-likeness (QED) is 0.726. The molecule has 1 aliphatic rings. The van der Waals surface area contributed by atoms with E-state index in [4.69, 9.17) is 0 Å². The normalized spacial score (nSPS) is 27.4. The summed E-state index contributed by atoms with van der Waals surface area (Å²) >= 11 is 1.90. The number of rotatable bonds is 1. The monoisotopic (exact) mass is 195 g/mol. The van der Waals surface area contributed by atoms with Crippen molar-refractivity contribution in [1.82, 2.24) is 5.32 Å². The Morgan fingerprint density at radius 2 is 2.38 bits per heavy atom. The lowest BCUT2D eigenvalue weighted by molar-refractivity contribution is 0.277. The zero-order valence-electron chi connectivity index (χ0n) is 8.34. The van der Waals surface area contributed by atoms with Crippen molar-refractivity contribution >= 4 is 11.3 Å². The fraction of sp³-hybridized carbons (Fsp3) is 0.636. The van der Waals surface area contributed by atoms with Crippen molar-refractivity contribution in [2.24, 2.45) is 0 Å². The number of nitrogens with one attached hydrogen (secondary N) is 1. The Morgan fingerprint density at radius 3 is 3.00 bits per heavy atom. The smallest absolute Gasteiger partial charge is 0.0131 e. The lowest BCUT2D eigenvalue weighted by atomic mass is 9.84. The molecule has 1 aromatic rings. The summed E-state index contributed by atoms with van der Waals surface area (Å²) in [6.45, 7) is 5.76. The van der Waals surface area contributed by atoms with Gasteiger partial charge in [0.2, 0.25) is 0 Å². The van der Waals surface area contributed by atoms with E-state index in [2.05, 4.69) is 36.7 Å². The van der Waals surface area contributed by atoms with Crippen molar-refractivity contribution < 1.29 is 0 Å². The van der Waals surface area contributed by atoms with Crippen LogP contribution >= 0.6 is 11.3 Å². The Bertz CT molecular complexity index is 264. The molecule has 1 aromatic heterocycles. The summed E-state index contributed by atoms with van der Waals surface area (Å²) in [6, 6.07) is 4.44. The summed E-state index contributed by atoms with van der Waals surface area (Å²) in [4.78, 5) is 1.56. The maximum atomic E-state index is 3.55. The molecule has 0 spiro atoms. The molecule has 0 bridgehead atoms. The van der Waals surface area contributed by atoms with E-state index < -0.39 is 0 Å². The van der Waals surface area contributed by atoms with Crippen LogP contribution in [-0.2, 0) is 0 Å². The van der Waals surface area contributed by atoms with Gasteiger partial charge in [0.25, 0.3) is 0 Å². The third-order valence-electron chi connectivity index (χ3n) is 2.80. The molecular formula is C11H17NS. The first-order valence-corrected chi connectivity index (χ1v) is 5.84. The zero-order valence-corrected chi connectivity index (χ0v) is 9.16.